The standard InChI is InChI=1S/C39H44N4O6/c1-9-17-48-36(44)15-13-28-23(6)30(19-32-22(5)27(12-4)39(47)42-32)40-34(28)20-31-24(7)29(14-16-37(45)49-18-10-2)35(41-31)21-33-26(11-3)25(8)38(46)43-33/h9-12,19-21,25,40-41H,1-2,4,13-18H2,3,5-8H3,(H,43,46)/b26-11+,30-19-,33-21-,34-20-. The summed E-state index contributed by atoms with van der Waals surface area (Å²) >= 11 is 0. The number of amides is 2. The van der Waals surface area contributed by atoms with Gasteiger partial charge in [-0.1, -0.05) is 44.0 Å². The maximum Gasteiger partial charge on any atom is 0.306 e. The quantitative estimate of drug-likeness (QED) is 0.202. The summed E-state index contributed by atoms with van der Waals surface area (Å²) < 4.78 is 10.5. The Hall–Kier alpha value is -5.51. The predicted octanol–water partition coefficient (Wildman–Crippen LogP) is 4.43. The Morgan fingerprint density at radius 1 is 0.837 bits per heavy atom. The molecule has 0 spiro atoms. The molecule has 10 heteroatoms. The average molecular weight is 665 g/mol. The van der Waals surface area contributed by atoms with Crippen molar-refractivity contribution in [2.75, 3.05) is 13.2 Å². The smallest absolute Gasteiger partial charge is 0.306 e. The van der Waals surface area contributed by atoms with Gasteiger partial charge in [0.15, 0.2) is 0 Å². The van der Waals surface area contributed by atoms with E-state index < -0.39 is 0 Å². The van der Waals surface area contributed by atoms with E-state index in [1.165, 1.54) is 18.2 Å². The number of aromatic amines is 2. The van der Waals surface area contributed by atoms with Crippen LogP contribution in [0.15, 0.2) is 71.4 Å². The van der Waals surface area contributed by atoms with Crippen LogP contribution in [0.25, 0.3) is 18.2 Å². The molecule has 0 saturated carbocycles. The molecular weight excluding hydrogens is 620 g/mol. The van der Waals surface area contributed by atoms with Crippen LogP contribution in [0.2, 0.25) is 0 Å². The predicted molar refractivity (Wildman–Crippen MR) is 192 cm³/mol. The number of aliphatic imine (C=N–C) groups is 1. The number of H-pyrrole nitrogens is 2. The highest BCUT2D eigenvalue weighted by molar-refractivity contribution is 6.31. The van der Waals surface area contributed by atoms with E-state index in [1.54, 1.807) is 0 Å². The molecule has 2 amide bonds. The second-order valence-electron chi connectivity index (χ2n) is 11.9. The second kappa shape index (κ2) is 16.1. The third-order valence-corrected chi connectivity index (χ3v) is 8.83. The molecule has 256 valence electrons. The highest BCUT2D eigenvalue weighted by atomic mass is 16.5. The molecule has 2 aliphatic rings. The number of carbonyl (C=O) groups is 4. The lowest BCUT2D eigenvalue weighted by atomic mass is 9.99. The summed E-state index contributed by atoms with van der Waals surface area (Å²) in [6.07, 6.45) is 13.3. The largest absolute Gasteiger partial charge is 0.461 e. The second-order valence-corrected chi connectivity index (χ2v) is 11.9. The summed E-state index contributed by atoms with van der Waals surface area (Å²) in [6, 6.07) is 0. The number of hydrogen-bond acceptors (Lipinski definition) is 6. The third kappa shape index (κ3) is 8.14. The van der Waals surface area contributed by atoms with Crippen molar-refractivity contribution in [1.29, 1.82) is 0 Å². The van der Waals surface area contributed by atoms with Gasteiger partial charge in [0.05, 0.1) is 11.6 Å². The van der Waals surface area contributed by atoms with Gasteiger partial charge >= 0.3 is 11.9 Å². The summed E-state index contributed by atoms with van der Waals surface area (Å²) in [4.78, 5) is 61.1. The van der Waals surface area contributed by atoms with Crippen LogP contribution in [-0.2, 0) is 41.5 Å². The first-order chi connectivity index (χ1) is 23.4. The first kappa shape index (κ1) is 36.3. The molecule has 1 saturated heterocycles. The lowest BCUT2D eigenvalue weighted by Crippen LogP contribution is -2.16. The van der Waals surface area contributed by atoms with Crippen LogP contribution in [-0.4, -0.2) is 52.6 Å². The van der Waals surface area contributed by atoms with E-state index in [0.717, 1.165) is 55.5 Å². The summed E-state index contributed by atoms with van der Waals surface area (Å²) in [5, 5.41) is 4.48. The highest BCUT2D eigenvalue weighted by Crippen LogP contribution is 2.30. The minimum atomic E-state index is -0.347. The topological polar surface area (TPSA) is 143 Å². The molecule has 2 aromatic heterocycles. The van der Waals surface area contributed by atoms with E-state index in [0.29, 0.717) is 29.8 Å². The molecule has 2 aromatic rings. The Morgan fingerprint density at radius 2 is 1.47 bits per heavy atom. The van der Waals surface area contributed by atoms with Gasteiger partial charge in [-0.2, -0.15) is 0 Å². The van der Waals surface area contributed by atoms with Crippen molar-refractivity contribution < 1.29 is 28.7 Å². The molecule has 3 N–H and O–H groups in total. The normalized spacial score (nSPS) is 18.4. The number of nitrogens with zero attached hydrogens (tertiary/aromatic N) is 1. The highest BCUT2D eigenvalue weighted by Gasteiger charge is 2.29. The Kier molecular flexibility index (Phi) is 11.9. The van der Waals surface area contributed by atoms with Gasteiger partial charge in [-0.05, 0) is 99.1 Å². The van der Waals surface area contributed by atoms with Crippen LogP contribution in [0.1, 0.15) is 67.3 Å². The molecule has 0 bridgehead atoms. The Morgan fingerprint density at radius 3 is 2.04 bits per heavy atom. The average Bonchev–Trinajstić information content (AvgIpc) is 3.72. The molecule has 0 radical (unpaired) electrons. The summed E-state index contributed by atoms with van der Waals surface area (Å²) in [5.41, 5.74) is 8.47. The summed E-state index contributed by atoms with van der Waals surface area (Å²) in [6.45, 7) is 20.7. The van der Waals surface area contributed by atoms with Gasteiger partial charge < -0.3 is 24.8 Å². The molecule has 49 heavy (non-hydrogen) atoms. The number of aromatic nitrogens is 2. The fraction of sp³-hybridized carbons (Fsp3) is 0.308. The van der Waals surface area contributed by atoms with Gasteiger partial charge in [-0.15, -0.1) is 0 Å². The minimum Gasteiger partial charge on any atom is -0.461 e. The monoisotopic (exact) mass is 664 g/mol. The lowest BCUT2D eigenvalue weighted by molar-refractivity contribution is -0.143. The molecule has 1 atom stereocenters. The number of carbonyl (C=O) groups excluding carboxylic acids is 4. The maximum atomic E-state index is 12.5. The van der Waals surface area contributed by atoms with E-state index >= 15 is 0 Å². The van der Waals surface area contributed by atoms with Crippen molar-refractivity contribution in [3.8, 4) is 0 Å². The van der Waals surface area contributed by atoms with Crippen LogP contribution >= 0.6 is 0 Å². The number of esters is 2. The van der Waals surface area contributed by atoms with Gasteiger partial charge in [-0.3, -0.25) is 19.2 Å². The van der Waals surface area contributed by atoms with E-state index in [1.807, 2.05) is 58.9 Å². The molecular formula is C39H44N4O6. The van der Waals surface area contributed by atoms with Gasteiger partial charge in [0.2, 0.25) is 5.91 Å². The number of nitrogens with one attached hydrogen (secondary N) is 3. The minimum absolute atomic E-state index is 0.0790. The van der Waals surface area contributed by atoms with Crippen LogP contribution in [0.4, 0.5) is 0 Å². The van der Waals surface area contributed by atoms with E-state index in [4.69, 9.17) is 9.47 Å². The molecule has 0 aliphatic carbocycles. The molecule has 0 aromatic carbocycles. The van der Waals surface area contributed by atoms with E-state index in [-0.39, 0.29) is 55.7 Å². The van der Waals surface area contributed by atoms with Gasteiger partial charge in [0, 0.05) is 46.2 Å². The summed E-state index contributed by atoms with van der Waals surface area (Å²) in [7, 11) is 0. The Labute approximate surface area is 286 Å². The third-order valence-electron chi connectivity index (χ3n) is 8.83. The zero-order chi connectivity index (χ0) is 35.8. The Bertz CT molecular complexity index is 1980. The zero-order valence-corrected chi connectivity index (χ0v) is 28.9. The van der Waals surface area contributed by atoms with E-state index in [2.05, 4.69) is 40.0 Å². The number of rotatable bonds is 14. The van der Waals surface area contributed by atoms with E-state index in [9.17, 15) is 19.2 Å². The molecule has 4 heterocycles. The first-order valence-corrected chi connectivity index (χ1v) is 16.2. The molecule has 4 rings (SSSR count). The SMILES string of the molecule is C=CCOC(=O)CCc1c(/C=C2\NC(=O)C(C)\C2=C/C)[nH]c(/C=c2\[nH]/c(=C\C3=NC(=O)C(C=C)=C3C)c(C)c2CCC(=O)OCC=C)c1C. The first-order valence-electron chi connectivity index (χ1n) is 16.2. The molecule has 1 unspecified atom stereocenters. The van der Waals surface area contributed by atoms with Crippen molar-refractivity contribution in [3.05, 3.63) is 111 Å². The van der Waals surface area contributed by atoms with Crippen molar-refractivity contribution in [2.45, 2.75) is 60.3 Å². The fourth-order valence-corrected chi connectivity index (χ4v) is 6.01. The number of allylic oxidation sites excluding steroid dienone is 3. The zero-order valence-electron chi connectivity index (χ0n) is 28.9. The van der Waals surface area contributed by atoms with Crippen molar-refractivity contribution in [2.24, 2.45) is 10.9 Å². The number of hydrogen-bond donors (Lipinski definition) is 3. The van der Waals surface area contributed by atoms with Crippen LogP contribution in [0, 0.1) is 19.8 Å². The van der Waals surface area contributed by atoms with Gasteiger partial charge in [0.25, 0.3) is 5.91 Å². The van der Waals surface area contributed by atoms with Crippen LogP contribution in [0.5, 0.6) is 0 Å². The summed E-state index contributed by atoms with van der Waals surface area (Å²) in [5.74, 6) is -1.39. The maximum absolute atomic E-state index is 12.5. The van der Waals surface area contributed by atoms with Gasteiger partial charge in [0.1, 0.15) is 13.2 Å². The fourth-order valence-electron chi connectivity index (χ4n) is 6.01. The molecule has 10 nitrogen and oxygen atoms in total. The lowest BCUT2D eigenvalue weighted by Gasteiger charge is -2.06. The Balaban J connectivity index is 1.87. The van der Waals surface area contributed by atoms with Crippen molar-refractivity contribution in [1.82, 2.24) is 15.3 Å². The molecule has 1 fully saturated rings. The number of ether oxygens (including phenoxy) is 2. The van der Waals surface area contributed by atoms with Crippen LogP contribution in [0.3, 0.4) is 0 Å². The molecule has 2 aliphatic heterocycles. The van der Waals surface area contributed by atoms with Crippen LogP contribution < -0.4 is 16.0 Å². The van der Waals surface area contributed by atoms with Crippen molar-refractivity contribution in [3.63, 3.8) is 0 Å². The van der Waals surface area contributed by atoms with Crippen molar-refractivity contribution >= 4 is 47.7 Å². The van der Waals surface area contributed by atoms with Gasteiger partial charge in [-0.25, -0.2) is 4.99 Å².